The highest BCUT2D eigenvalue weighted by Crippen LogP contribution is 2.16. The minimum absolute atomic E-state index is 0.0213. The lowest BCUT2D eigenvalue weighted by molar-refractivity contribution is -0.138. The topological polar surface area (TPSA) is 221 Å². The minimum atomic E-state index is -0.999. The maximum atomic E-state index is 13.5. The van der Waals surface area contributed by atoms with Crippen LogP contribution in [0.15, 0.2) is 0 Å². The minimum Gasteiger partial charge on any atom is -0.481 e. The molecule has 0 aromatic rings. The van der Waals surface area contributed by atoms with Gasteiger partial charge in [-0.3, -0.25) is 28.8 Å². The number of amides is 6. The molecule has 0 aliphatic carbocycles. The molecule has 0 spiro atoms. The summed E-state index contributed by atoms with van der Waals surface area (Å²) in [6.07, 6.45) is 0.156. The number of rotatable bonds is 24. The van der Waals surface area contributed by atoms with Gasteiger partial charge in [0.05, 0.1) is 24.2 Å². The molecule has 312 valence electrons. The normalized spacial score (nSPS) is 15.1. The summed E-state index contributed by atoms with van der Waals surface area (Å²) in [6, 6.07) is -1.54. The number of carbonyl (C=O) groups is 7. The second kappa shape index (κ2) is 24.5. The van der Waals surface area contributed by atoms with Gasteiger partial charge in [-0.15, -0.1) is 0 Å². The summed E-state index contributed by atoms with van der Waals surface area (Å²) < 4.78 is 5.26. The largest absolute Gasteiger partial charge is 0.481 e. The number of ether oxygens (including phenoxy) is 1. The van der Waals surface area contributed by atoms with E-state index in [1.165, 1.54) is 0 Å². The van der Waals surface area contributed by atoms with Crippen molar-refractivity contribution in [1.29, 1.82) is 0 Å². The van der Waals surface area contributed by atoms with Crippen molar-refractivity contribution in [2.24, 2.45) is 41.4 Å². The average Bonchev–Trinajstić information content (AvgIpc) is 2.99. The predicted molar refractivity (Wildman–Crippen MR) is 208 cm³/mol. The zero-order valence-corrected chi connectivity index (χ0v) is 35.1. The van der Waals surface area contributed by atoms with Crippen LogP contribution in [-0.4, -0.2) is 90.1 Å². The summed E-state index contributed by atoms with van der Waals surface area (Å²) in [7, 11) is 0. The quantitative estimate of drug-likeness (QED) is 0.0759. The van der Waals surface area contributed by atoms with Gasteiger partial charge >= 0.3 is 12.1 Å². The van der Waals surface area contributed by atoms with Crippen LogP contribution in [0.2, 0.25) is 0 Å². The van der Waals surface area contributed by atoms with Crippen LogP contribution in [0.3, 0.4) is 0 Å². The Morgan fingerprint density at radius 1 is 0.593 bits per heavy atom. The summed E-state index contributed by atoms with van der Waals surface area (Å²) in [5, 5.41) is 26.1. The number of carbonyl (C=O) groups excluding carboxylic acids is 6. The van der Waals surface area contributed by atoms with E-state index in [-0.39, 0.29) is 92.1 Å². The molecule has 0 heterocycles. The zero-order chi connectivity index (χ0) is 41.9. The Labute approximate surface area is 323 Å². The molecule has 0 aliphatic rings. The van der Waals surface area contributed by atoms with E-state index in [0.29, 0.717) is 12.8 Å². The van der Waals surface area contributed by atoms with Crippen LogP contribution in [0.4, 0.5) is 4.79 Å². The Bertz CT molecular complexity index is 1230. The van der Waals surface area contributed by atoms with Gasteiger partial charge in [0.2, 0.25) is 29.5 Å². The van der Waals surface area contributed by atoms with Crippen LogP contribution in [0, 0.1) is 41.4 Å². The summed E-state index contributed by atoms with van der Waals surface area (Å²) in [5.41, 5.74) is -0.670. The number of aliphatic carboxylic acids is 1. The second-order valence-electron chi connectivity index (χ2n) is 17.2. The van der Waals surface area contributed by atoms with Gasteiger partial charge in [0.15, 0.2) is 0 Å². The van der Waals surface area contributed by atoms with Crippen molar-refractivity contribution in [3.8, 4) is 0 Å². The first kappa shape index (κ1) is 50.1. The standard InChI is InChI=1S/C39H72N6O9/c1-22(2)14-28(20-41-35(50)26(9)19-40-37(52)30(24(5)6)21-42-38(53)54-39(11,12)13)36(51)45-31(25(7)8)18-33(47)43-27(10)16-32(46)44-29(15-23(3)4)17-34(48)49/h22-31H,14-21H2,1-13H3,(H,40,52)(H,41,50)(H,42,53)(H,43,47)(H,44,46)(H,45,51)(H,48,49). The highest BCUT2D eigenvalue weighted by atomic mass is 16.6. The fraction of sp³-hybridized carbons (Fsp3) is 0.821. The molecule has 0 aromatic heterocycles. The van der Waals surface area contributed by atoms with Gasteiger partial charge in [0, 0.05) is 50.6 Å². The van der Waals surface area contributed by atoms with Gasteiger partial charge in [0.25, 0.3) is 0 Å². The number of carboxylic acids is 1. The van der Waals surface area contributed by atoms with E-state index < -0.39 is 53.5 Å². The van der Waals surface area contributed by atoms with E-state index >= 15 is 0 Å². The molecule has 0 fully saturated rings. The van der Waals surface area contributed by atoms with Crippen molar-refractivity contribution in [3.05, 3.63) is 0 Å². The van der Waals surface area contributed by atoms with E-state index in [2.05, 4.69) is 31.9 Å². The van der Waals surface area contributed by atoms with Crippen molar-refractivity contribution >= 4 is 41.6 Å². The second-order valence-corrected chi connectivity index (χ2v) is 17.2. The maximum absolute atomic E-state index is 13.5. The fourth-order valence-electron chi connectivity index (χ4n) is 5.74. The molecular weight excluding hydrogens is 696 g/mol. The van der Waals surface area contributed by atoms with Crippen LogP contribution in [-0.2, 0) is 33.5 Å². The third-order valence-electron chi connectivity index (χ3n) is 8.66. The molecule has 0 bridgehead atoms. The third kappa shape index (κ3) is 23.0. The van der Waals surface area contributed by atoms with Crippen molar-refractivity contribution in [2.75, 3.05) is 19.6 Å². The Morgan fingerprint density at radius 3 is 1.65 bits per heavy atom. The molecule has 0 saturated heterocycles. The van der Waals surface area contributed by atoms with Crippen LogP contribution >= 0.6 is 0 Å². The number of carboxylic acid groups (broad SMARTS) is 1. The van der Waals surface area contributed by atoms with E-state index in [4.69, 9.17) is 4.74 Å². The molecule has 15 nitrogen and oxygen atoms in total. The van der Waals surface area contributed by atoms with Gasteiger partial charge in [-0.2, -0.15) is 0 Å². The summed E-state index contributed by atoms with van der Waals surface area (Å²) in [5.74, 6) is -4.19. The molecule has 6 amide bonds. The molecule has 0 rings (SSSR count). The molecule has 7 N–H and O–H groups in total. The Balaban J connectivity index is 5.22. The van der Waals surface area contributed by atoms with E-state index in [1.807, 2.05) is 55.4 Å². The van der Waals surface area contributed by atoms with Crippen molar-refractivity contribution in [1.82, 2.24) is 31.9 Å². The van der Waals surface area contributed by atoms with Crippen LogP contribution in [0.1, 0.15) is 122 Å². The zero-order valence-electron chi connectivity index (χ0n) is 35.1. The van der Waals surface area contributed by atoms with Gasteiger partial charge < -0.3 is 41.7 Å². The number of hydrogen-bond donors (Lipinski definition) is 7. The van der Waals surface area contributed by atoms with Gasteiger partial charge in [-0.1, -0.05) is 62.3 Å². The lowest BCUT2D eigenvalue weighted by Gasteiger charge is -2.27. The number of alkyl carbamates (subject to hydrolysis) is 1. The fourth-order valence-corrected chi connectivity index (χ4v) is 5.74. The third-order valence-corrected chi connectivity index (χ3v) is 8.66. The van der Waals surface area contributed by atoms with Gasteiger partial charge in [-0.25, -0.2) is 4.79 Å². The van der Waals surface area contributed by atoms with Gasteiger partial charge in [-0.05, 0) is 64.2 Å². The number of hydrogen-bond acceptors (Lipinski definition) is 8. The van der Waals surface area contributed by atoms with E-state index in [9.17, 15) is 38.7 Å². The van der Waals surface area contributed by atoms with Crippen molar-refractivity contribution in [2.45, 2.75) is 146 Å². The van der Waals surface area contributed by atoms with Crippen LogP contribution < -0.4 is 31.9 Å². The SMILES string of the molecule is CC(C)CC(CC(=O)O)NC(=O)CC(C)NC(=O)CC(NC(=O)C(CNC(=O)C(C)CNC(=O)C(CNC(=O)OC(C)(C)C)C(C)C)CC(C)C)C(C)C. The molecule has 54 heavy (non-hydrogen) atoms. The molecule has 15 heteroatoms. The molecule has 0 radical (unpaired) electrons. The summed E-state index contributed by atoms with van der Waals surface area (Å²) in [6.45, 7) is 24.2. The molecular formula is C39H72N6O9. The summed E-state index contributed by atoms with van der Waals surface area (Å²) >= 11 is 0. The lowest BCUT2D eigenvalue weighted by Crippen LogP contribution is -2.49. The predicted octanol–water partition coefficient (Wildman–Crippen LogP) is 3.75. The first-order valence-electron chi connectivity index (χ1n) is 19.4. The van der Waals surface area contributed by atoms with E-state index in [0.717, 1.165) is 0 Å². The lowest BCUT2D eigenvalue weighted by atomic mass is 9.93. The van der Waals surface area contributed by atoms with E-state index in [1.54, 1.807) is 34.6 Å². The smallest absolute Gasteiger partial charge is 0.407 e. The number of nitrogens with one attached hydrogen (secondary N) is 6. The Kier molecular flexibility index (Phi) is 22.7. The Morgan fingerprint density at radius 2 is 1.15 bits per heavy atom. The first-order chi connectivity index (χ1) is 24.8. The highest BCUT2D eigenvalue weighted by Gasteiger charge is 2.29. The average molecular weight is 769 g/mol. The highest BCUT2D eigenvalue weighted by molar-refractivity contribution is 5.84. The monoisotopic (exact) mass is 769 g/mol. The molecule has 6 unspecified atom stereocenters. The van der Waals surface area contributed by atoms with Crippen molar-refractivity contribution in [3.63, 3.8) is 0 Å². The molecule has 6 atom stereocenters. The van der Waals surface area contributed by atoms with Crippen molar-refractivity contribution < 1.29 is 43.4 Å². The molecule has 0 aromatic carbocycles. The van der Waals surface area contributed by atoms with Crippen LogP contribution in [0.5, 0.6) is 0 Å². The summed E-state index contributed by atoms with van der Waals surface area (Å²) in [4.78, 5) is 88.5. The first-order valence-corrected chi connectivity index (χ1v) is 19.4. The molecule has 0 aliphatic heterocycles. The van der Waals surface area contributed by atoms with Gasteiger partial charge in [0.1, 0.15) is 5.60 Å². The van der Waals surface area contributed by atoms with Crippen LogP contribution in [0.25, 0.3) is 0 Å². The Hall–Kier alpha value is -3.91. The molecule has 0 saturated carbocycles. The maximum Gasteiger partial charge on any atom is 0.407 e.